The largest absolute Gasteiger partial charge is 0.493 e. The first-order chi connectivity index (χ1) is 10.1. The number of ether oxygens (including phenoxy) is 5. The summed E-state index contributed by atoms with van der Waals surface area (Å²) in [5, 5.41) is 9.39. The van der Waals surface area contributed by atoms with Crippen molar-refractivity contribution >= 4 is 0 Å². The molecule has 21 heavy (non-hydrogen) atoms. The van der Waals surface area contributed by atoms with Crippen LogP contribution in [0.3, 0.4) is 0 Å². The fourth-order valence-electron chi connectivity index (χ4n) is 1.86. The van der Waals surface area contributed by atoms with Crippen molar-refractivity contribution in [2.45, 2.75) is 12.1 Å². The Morgan fingerprint density at radius 2 is 1.62 bits per heavy atom. The fraction of sp³-hybridized carbons (Fsp3) is 0.571. The van der Waals surface area contributed by atoms with Crippen molar-refractivity contribution in [1.82, 2.24) is 0 Å². The van der Waals surface area contributed by atoms with Crippen molar-refractivity contribution in [3.05, 3.63) is 12.1 Å². The zero-order valence-corrected chi connectivity index (χ0v) is 12.8. The Morgan fingerprint density at radius 1 is 1.05 bits per heavy atom. The van der Waals surface area contributed by atoms with Gasteiger partial charge in [-0.25, -0.2) is 0 Å². The van der Waals surface area contributed by atoms with Crippen molar-refractivity contribution in [3.63, 3.8) is 0 Å². The van der Waals surface area contributed by atoms with Crippen molar-refractivity contribution in [2.24, 2.45) is 5.73 Å². The molecule has 0 aliphatic heterocycles. The number of benzene rings is 1. The van der Waals surface area contributed by atoms with Gasteiger partial charge < -0.3 is 34.5 Å². The van der Waals surface area contributed by atoms with Crippen LogP contribution in [-0.2, 0) is 4.74 Å². The predicted molar refractivity (Wildman–Crippen MR) is 77.5 cm³/mol. The van der Waals surface area contributed by atoms with Crippen molar-refractivity contribution in [3.8, 4) is 23.0 Å². The van der Waals surface area contributed by atoms with Gasteiger partial charge >= 0.3 is 0 Å². The van der Waals surface area contributed by atoms with Gasteiger partial charge in [-0.05, 0) is 0 Å². The lowest BCUT2D eigenvalue weighted by atomic mass is 10.2. The summed E-state index contributed by atoms with van der Waals surface area (Å²) in [5.74, 6) is 1.84. The summed E-state index contributed by atoms with van der Waals surface area (Å²) in [6, 6.07) is 2.83. The standard InChI is InChI=1S/C14H23NO6/c1-17-8-10(15)13(7-16)21-9-5-11(18-2)14(20-4)12(6-9)19-3/h5-6,10,13,16H,7-8,15H2,1-4H3. The van der Waals surface area contributed by atoms with Gasteiger partial charge in [0, 0.05) is 19.2 Å². The Bertz CT molecular complexity index is 414. The quantitative estimate of drug-likeness (QED) is 0.683. The highest BCUT2D eigenvalue weighted by molar-refractivity contribution is 5.55. The summed E-state index contributed by atoms with van der Waals surface area (Å²) in [4.78, 5) is 0. The lowest BCUT2D eigenvalue weighted by molar-refractivity contribution is 0.0601. The molecule has 0 saturated carbocycles. The molecular weight excluding hydrogens is 278 g/mol. The number of aliphatic hydroxyl groups excluding tert-OH is 1. The third-order valence-corrected chi connectivity index (χ3v) is 2.94. The summed E-state index contributed by atoms with van der Waals surface area (Å²) in [5.41, 5.74) is 5.89. The van der Waals surface area contributed by atoms with Crippen molar-refractivity contribution in [1.29, 1.82) is 0 Å². The Morgan fingerprint density at radius 3 is 2.00 bits per heavy atom. The van der Waals surface area contributed by atoms with Gasteiger partial charge in [0.2, 0.25) is 5.75 Å². The monoisotopic (exact) mass is 301 g/mol. The maximum atomic E-state index is 9.39. The Balaban J connectivity index is 3.01. The highest BCUT2D eigenvalue weighted by Crippen LogP contribution is 2.41. The molecule has 2 atom stereocenters. The van der Waals surface area contributed by atoms with Crippen LogP contribution in [0.4, 0.5) is 0 Å². The molecule has 7 heteroatoms. The van der Waals surface area contributed by atoms with E-state index in [2.05, 4.69) is 0 Å². The first-order valence-electron chi connectivity index (χ1n) is 6.43. The molecule has 3 N–H and O–H groups in total. The van der Waals surface area contributed by atoms with Crippen LogP contribution in [0.1, 0.15) is 0 Å². The summed E-state index contributed by atoms with van der Waals surface area (Å²) in [6.07, 6.45) is -0.604. The number of aliphatic hydroxyl groups is 1. The lowest BCUT2D eigenvalue weighted by Gasteiger charge is -2.23. The van der Waals surface area contributed by atoms with E-state index in [-0.39, 0.29) is 13.2 Å². The first-order valence-corrected chi connectivity index (χ1v) is 6.43. The number of rotatable bonds is 9. The highest BCUT2D eigenvalue weighted by Gasteiger charge is 2.21. The average molecular weight is 301 g/mol. The molecule has 0 aliphatic carbocycles. The van der Waals surface area contributed by atoms with Crippen molar-refractivity contribution in [2.75, 3.05) is 41.7 Å². The topological polar surface area (TPSA) is 92.4 Å². The minimum Gasteiger partial charge on any atom is -0.493 e. The van der Waals surface area contributed by atoms with Gasteiger partial charge in [0.1, 0.15) is 11.9 Å². The summed E-state index contributed by atoms with van der Waals surface area (Å²) in [6.45, 7) is 0.0385. The van der Waals surface area contributed by atoms with Crippen LogP contribution >= 0.6 is 0 Å². The predicted octanol–water partition coefficient (Wildman–Crippen LogP) is 0.426. The molecule has 1 rings (SSSR count). The maximum Gasteiger partial charge on any atom is 0.203 e. The maximum absolute atomic E-state index is 9.39. The van der Waals surface area contributed by atoms with Gasteiger partial charge in [-0.15, -0.1) is 0 Å². The molecule has 0 aliphatic rings. The van der Waals surface area contributed by atoms with Crippen LogP contribution in [0.2, 0.25) is 0 Å². The third kappa shape index (κ3) is 4.38. The fourth-order valence-corrected chi connectivity index (χ4v) is 1.86. The molecule has 1 aromatic rings. The van der Waals surface area contributed by atoms with Crippen LogP contribution in [-0.4, -0.2) is 58.9 Å². The normalized spacial score (nSPS) is 13.4. The zero-order chi connectivity index (χ0) is 15.8. The smallest absolute Gasteiger partial charge is 0.203 e. The van der Waals surface area contributed by atoms with E-state index in [0.717, 1.165) is 0 Å². The van der Waals surface area contributed by atoms with Crippen LogP contribution < -0.4 is 24.7 Å². The van der Waals surface area contributed by atoms with E-state index in [1.54, 1.807) is 12.1 Å². The minimum atomic E-state index is -0.604. The zero-order valence-electron chi connectivity index (χ0n) is 12.8. The molecule has 0 radical (unpaired) electrons. The summed E-state index contributed by atoms with van der Waals surface area (Å²) < 4.78 is 26.4. The Hall–Kier alpha value is -1.70. The number of methoxy groups -OCH3 is 4. The van der Waals surface area contributed by atoms with Crippen LogP contribution in [0.25, 0.3) is 0 Å². The van der Waals surface area contributed by atoms with E-state index in [0.29, 0.717) is 23.0 Å². The highest BCUT2D eigenvalue weighted by atomic mass is 16.5. The van der Waals surface area contributed by atoms with E-state index >= 15 is 0 Å². The molecule has 0 heterocycles. The molecule has 0 saturated heterocycles. The van der Waals surface area contributed by atoms with Crippen LogP contribution in [0.15, 0.2) is 12.1 Å². The Labute approximate surface area is 124 Å². The number of hydrogen-bond donors (Lipinski definition) is 2. The third-order valence-electron chi connectivity index (χ3n) is 2.94. The molecule has 120 valence electrons. The molecule has 7 nitrogen and oxygen atoms in total. The molecule has 0 spiro atoms. The van der Waals surface area contributed by atoms with Gasteiger partial charge in [-0.1, -0.05) is 0 Å². The van der Waals surface area contributed by atoms with E-state index in [9.17, 15) is 5.11 Å². The van der Waals surface area contributed by atoms with E-state index < -0.39 is 12.1 Å². The van der Waals surface area contributed by atoms with Crippen molar-refractivity contribution < 1.29 is 28.8 Å². The van der Waals surface area contributed by atoms with Gasteiger partial charge in [-0.3, -0.25) is 0 Å². The van der Waals surface area contributed by atoms with Gasteiger partial charge in [0.15, 0.2) is 11.5 Å². The second-order valence-electron chi connectivity index (χ2n) is 4.32. The van der Waals surface area contributed by atoms with Crippen LogP contribution in [0.5, 0.6) is 23.0 Å². The number of hydrogen-bond acceptors (Lipinski definition) is 7. The van der Waals surface area contributed by atoms with E-state index in [4.69, 9.17) is 29.4 Å². The second-order valence-corrected chi connectivity index (χ2v) is 4.32. The molecule has 0 amide bonds. The van der Waals surface area contributed by atoms with E-state index in [1.807, 2.05) is 0 Å². The number of nitrogens with two attached hydrogens (primary N) is 1. The van der Waals surface area contributed by atoms with E-state index in [1.165, 1.54) is 28.4 Å². The van der Waals surface area contributed by atoms with Gasteiger partial charge in [0.25, 0.3) is 0 Å². The molecule has 1 aromatic carbocycles. The molecule has 0 aromatic heterocycles. The van der Waals surface area contributed by atoms with Crippen LogP contribution in [0, 0.1) is 0 Å². The van der Waals surface area contributed by atoms with Gasteiger partial charge in [-0.2, -0.15) is 0 Å². The summed E-state index contributed by atoms with van der Waals surface area (Å²) in [7, 11) is 6.09. The SMILES string of the molecule is COCC(N)C(CO)Oc1cc(OC)c(OC)c(OC)c1. The summed E-state index contributed by atoms with van der Waals surface area (Å²) >= 11 is 0. The average Bonchev–Trinajstić information content (AvgIpc) is 2.51. The minimum absolute atomic E-state index is 0.235. The molecular formula is C14H23NO6. The molecule has 2 unspecified atom stereocenters. The second kappa shape index (κ2) is 8.56. The first kappa shape index (κ1) is 17.4. The Kier molecular flexibility index (Phi) is 7.07. The molecule has 0 fully saturated rings. The van der Waals surface area contributed by atoms with Gasteiger partial charge in [0.05, 0.1) is 40.6 Å². The lowest BCUT2D eigenvalue weighted by Crippen LogP contribution is -2.44. The molecule has 0 bridgehead atoms.